The third-order valence-electron chi connectivity index (χ3n) is 8.17. The quantitative estimate of drug-likeness (QED) is 0.0725. The number of ether oxygens (including phenoxy) is 2. The molecule has 0 aromatic heterocycles. The lowest BCUT2D eigenvalue weighted by Crippen LogP contribution is -2.41. The first-order valence-electron chi connectivity index (χ1n) is 18.4. The van der Waals surface area contributed by atoms with Gasteiger partial charge in [0.05, 0.1) is 25.4 Å². The number of hydrogen-bond acceptors (Lipinski definition) is 5. The van der Waals surface area contributed by atoms with E-state index in [0.717, 1.165) is 39.0 Å². The number of rotatable bonds is 35. The van der Waals surface area contributed by atoms with E-state index in [-0.39, 0.29) is 0 Å². The van der Waals surface area contributed by atoms with Crippen LogP contribution < -0.4 is 0 Å². The summed E-state index contributed by atoms with van der Waals surface area (Å²) in [6.45, 7) is 11.0. The molecule has 0 aromatic rings. The summed E-state index contributed by atoms with van der Waals surface area (Å²) in [6, 6.07) is 0. The van der Waals surface area contributed by atoms with Gasteiger partial charge in [0.2, 0.25) is 0 Å². The molecule has 0 spiro atoms. The number of hydrogen-bond donors (Lipinski definition) is 2. The Bertz CT molecular complexity index is 454. The molecule has 0 heterocycles. The van der Waals surface area contributed by atoms with Gasteiger partial charge in [-0.3, -0.25) is 4.90 Å². The Hall–Kier alpha value is -0.200. The van der Waals surface area contributed by atoms with Crippen LogP contribution in [0, 0.1) is 0 Å². The Morgan fingerprint density at radius 2 is 0.707 bits per heavy atom. The maximum absolute atomic E-state index is 10.6. The third kappa shape index (κ3) is 32.5. The van der Waals surface area contributed by atoms with Crippen LogP contribution in [-0.4, -0.2) is 73.4 Å². The summed E-state index contributed by atoms with van der Waals surface area (Å²) < 4.78 is 11.5. The highest BCUT2D eigenvalue weighted by Crippen LogP contribution is 2.14. The molecule has 0 aliphatic carbocycles. The van der Waals surface area contributed by atoms with E-state index in [2.05, 4.69) is 25.7 Å². The minimum absolute atomic E-state index is 0.381. The minimum Gasteiger partial charge on any atom is -0.389 e. The first-order chi connectivity index (χ1) is 20.1. The molecule has 5 nitrogen and oxygen atoms in total. The van der Waals surface area contributed by atoms with Gasteiger partial charge in [0.25, 0.3) is 0 Å². The lowest BCUT2D eigenvalue weighted by Gasteiger charge is -2.27. The van der Waals surface area contributed by atoms with Gasteiger partial charge in [-0.15, -0.1) is 0 Å². The van der Waals surface area contributed by atoms with Crippen molar-refractivity contribution in [2.24, 2.45) is 0 Å². The highest BCUT2D eigenvalue weighted by atomic mass is 16.5. The van der Waals surface area contributed by atoms with Gasteiger partial charge in [0, 0.05) is 26.3 Å². The molecule has 0 rings (SSSR count). The van der Waals surface area contributed by atoms with Crippen molar-refractivity contribution >= 4 is 0 Å². The molecule has 41 heavy (non-hydrogen) atoms. The molecule has 5 heteroatoms. The average Bonchev–Trinajstić information content (AvgIpc) is 2.96. The Morgan fingerprint density at radius 3 is 1.05 bits per heavy atom. The van der Waals surface area contributed by atoms with Crippen molar-refractivity contribution in [2.45, 2.75) is 187 Å². The summed E-state index contributed by atoms with van der Waals surface area (Å²) >= 11 is 0. The number of aliphatic hydroxyl groups excluding tert-OH is 2. The zero-order valence-corrected chi connectivity index (χ0v) is 28.2. The van der Waals surface area contributed by atoms with Gasteiger partial charge in [-0.2, -0.15) is 0 Å². The van der Waals surface area contributed by atoms with E-state index < -0.39 is 12.2 Å². The Morgan fingerprint density at radius 1 is 0.415 bits per heavy atom. The first-order valence-corrected chi connectivity index (χ1v) is 18.4. The highest BCUT2D eigenvalue weighted by molar-refractivity contribution is 4.69. The van der Waals surface area contributed by atoms with Gasteiger partial charge in [0.1, 0.15) is 0 Å². The molecule has 2 unspecified atom stereocenters. The average molecular weight is 586 g/mol. The monoisotopic (exact) mass is 586 g/mol. The predicted octanol–water partition coefficient (Wildman–Crippen LogP) is 9.47. The molecule has 0 amide bonds. The van der Waals surface area contributed by atoms with Crippen molar-refractivity contribution in [3.63, 3.8) is 0 Å². The van der Waals surface area contributed by atoms with Crippen LogP contribution in [0.25, 0.3) is 0 Å². The zero-order chi connectivity index (χ0) is 30.1. The largest absolute Gasteiger partial charge is 0.389 e. The molecule has 0 saturated heterocycles. The van der Waals surface area contributed by atoms with Gasteiger partial charge >= 0.3 is 0 Å². The minimum atomic E-state index is -0.510. The Labute approximate surface area is 257 Å². The molecule has 0 radical (unpaired) electrons. The second-order valence-electron chi connectivity index (χ2n) is 12.6. The summed E-state index contributed by atoms with van der Waals surface area (Å²) in [5.74, 6) is 0. The molecule has 0 bridgehead atoms. The molecule has 2 N–H and O–H groups in total. The van der Waals surface area contributed by atoms with Gasteiger partial charge in [-0.25, -0.2) is 0 Å². The molecular weight excluding hydrogens is 510 g/mol. The van der Waals surface area contributed by atoms with Gasteiger partial charge in [-0.1, -0.05) is 156 Å². The van der Waals surface area contributed by atoms with Crippen molar-refractivity contribution in [1.82, 2.24) is 4.90 Å². The van der Waals surface area contributed by atoms with Crippen molar-refractivity contribution in [3.05, 3.63) is 0 Å². The van der Waals surface area contributed by atoms with Crippen molar-refractivity contribution in [2.75, 3.05) is 46.1 Å². The van der Waals surface area contributed by atoms with Crippen LogP contribution in [0.2, 0.25) is 0 Å². The van der Waals surface area contributed by atoms with Crippen molar-refractivity contribution < 1.29 is 19.7 Å². The predicted molar refractivity (Wildman–Crippen MR) is 178 cm³/mol. The summed E-state index contributed by atoms with van der Waals surface area (Å²) in [5.41, 5.74) is 0. The molecule has 0 fully saturated rings. The smallest absolute Gasteiger partial charge is 0.0900 e. The molecule has 248 valence electrons. The fourth-order valence-electron chi connectivity index (χ4n) is 5.54. The number of nitrogens with zero attached hydrogens (tertiary/aromatic N) is 1. The van der Waals surface area contributed by atoms with E-state index >= 15 is 0 Å². The maximum atomic E-state index is 10.6. The molecule has 2 atom stereocenters. The third-order valence-corrected chi connectivity index (χ3v) is 8.17. The van der Waals surface area contributed by atoms with Crippen LogP contribution in [0.4, 0.5) is 0 Å². The topological polar surface area (TPSA) is 62.2 Å². The Balaban J connectivity index is 4.03. The van der Waals surface area contributed by atoms with Gasteiger partial charge in [0.15, 0.2) is 0 Å². The molecule has 0 aromatic carbocycles. The summed E-state index contributed by atoms with van der Waals surface area (Å²) in [4.78, 5) is 2.22. The fraction of sp³-hybridized carbons (Fsp3) is 1.00. The second kappa shape index (κ2) is 34.3. The second-order valence-corrected chi connectivity index (χ2v) is 12.6. The van der Waals surface area contributed by atoms with Gasteiger partial charge < -0.3 is 19.7 Å². The first kappa shape index (κ1) is 40.8. The molecule has 0 aliphatic heterocycles. The van der Waals surface area contributed by atoms with Crippen LogP contribution in [0.15, 0.2) is 0 Å². The molecule has 0 aliphatic rings. The fourth-order valence-corrected chi connectivity index (χ4v) is 5.54. The van der Waals surface area contributed by atoms with Crippen molar-refractivity contribution in [3.8, 4) is 0 Å². The maximum Gasteiger partial charge on any atom is 0.0900 e. The lowest BCUT2D eigenvalue weighted by atomic mass is 10.0. The van der Waals surface area contributed by atoms with E-state index in [1.165, 1.54) is 135 Å². The Kier molecular flexibility index (Phi) is 34.1. The van der Waals surface area contributed by atoms with Crippen LogP contribution in [0.3, 0.4) is 0 Å². The van der Waals surface area contributed by atoms with Gasteiger partial charge in [-0.05, 0) is 25.8 Å². The van der Waals surface area contributed by atoms with E-state index in [0.29, 0.717) is 26.3 Å². The van der Waals surface area contributed by atoms with E-state index in [1.807, 2.05) is 0 Å². The summed E-state index contributed by atoms with van der Waals surface area (Å²) in [5, 5.41) is 21.2. The van der Waals surface area contributed by atoms with Crippen LogP contribution in [0.1, 0.15) is 175 Å². The van der Waals surface area contributed by atoms with E-state index in [1.54, 1.807) is 0 Å². The lowest BCUT2D eigenvalue weighted by molar-refractivity contribution is -0.0113. The standard InChI is InChI=1S/C36H75NO4/c1-4-7-10-13-14-15-16-17-18-19-20-21-22-23-24-25-28-37(31-35(38)33-40-29-26-11-8-5-2)32-36(39)34-41-30-27-12-9-6-3/h35-36,38-39H,4-34H2,1-3H3. The molecule has 0 saturated carbocycles. The zero-order valence-electron chi connectivity index (χ0n) is 28.2. The SMILES string of the molecule is CCCCCCCCCCCCCCCCCCN(CC(O)COCCCCCC)CC(O)COCCCCCC. The van der Waals surface area contributed by atoms with E-state index in [9.17, 15) is 10.2 Å². The van der Waals surface area contributed by atoms with Crippen molar-refractivity contribution in [1.29, 1.82) is 0 Å². The number of aliphatic hydroxyl groups is 2. The summed E-state index contributed by atoms with van der Waals surface area (Å²) in [7, 11) is 0. The summed E-state index contributed by atoms with van der Waals surface area (Å²) in [6.07, 6.45) is 30.4. The van der Waals surface area contributed by atoms with Crippen LogP contribution >= 0.6 is 0 Å². The molecular formula is C36H75NO4. The van der Waals surface area contributed by atoms with Crippen LogP contribution in [-0.2, 0) is 9.47 Å². The highest BCUT2D eigenvalue weighted by Gasteiger charge is 2.16. The number of unbranched alkanes of at least 4 members (excludes halogenated alkanes) is 21. The van der Waals surface area contributed by atoms with Crippen LogP contribution in [0.5, 0.6) is 0 Å². The normalized spacial score (nSPS) is 13.3. The van der Waals surface area contributed by atoms with E-state index in [4.69, 9.17) is 9.47 Å².